The van der Waals surface area contributed by atoms with Gasteiger partial charge in [0, 0.05) is 0 Å². The summed E-state index contributed by atoms with van der Waals surface area (Å²) in [4.78, 5) is 0. The highest BCUT2D eigenvalue weighted by atomic mass is 16.3. The van der Waals surface area contributed by atoms with E-state index in [0.717, 1.165) is 0 Å². The van der Waals surface area contributed by atoms with Gasteiger partial charge in [0.05, 0.1) is 24.8 Å². The zero-order chi connectivity index (χ0) is 14.2. The van der Waals surface area contributed by atoms with Crippen LogP contribution in [-0.2, 0) is 0 Å². The first-order chi connectivity index (χ1) is 9.68. The lowest BCUT2D eigenvalue weighted by Gasteiger charge is -2.31. The number of hydrogen-bond donors (Lipinski definition) is 3. The van der Waals surface area contributed by atoms with Crippen molar-refractivity contribution in [2.45, 2.75) is 18.5 Å². The van der Waals surface area contributed by atoms with Crippen molar-refractivity contribution in [2.24, 2.45) is 0 Å². The zero-order valence-electron chi connectivity index (χ0n) is 11.5. The van der Waals surface area contributed by atoms with Gasteiger partial charge in [-0.15, -0.1) is 0 Å². The fourth-order valence-corrected chi connectivity index (χ4v) is 2.80. The summed E-state index contributed by atoms with van der Waals surface area (Å²) in [6, 6.07) is 16.6. The molecule has 2 aromatic carbocycles. The summed E-state index contributed by atoms with van der Waals surface area (Å²) in [6.07, 6.45) is 0. The largest absolute Gasteiger partial charge is 0.394 e. The molecule has 0 fully saturated rings. The Morgan fingerprint density at radius 1 is 0.900 bits per heavy atom. The average Bonchev–Trinajstić information content (AvgIpc) is 2.82. The van der Waals surface area contributed by atoms with Crippen molar-refractivity contribution in [2.75, 3.05) is 13.2 Å². The second-order valence-electron chi connectivity index (χ2n) is 5.63. The molecule has 104 valence electrons. The normalized spacial score (nSPS) is 14.2. The first kappa shape index (κ1) is 13.3. The molecule has 0 radical (unpaired) electrons. The number of aliphatic hydroxyl groups is 2. The molecule has 3 N–H and O–H groups in total. The topological polar surface area (TPSA) is 52.5 Å². The van der Waals surface area contributed by atoms with E-state index < -0.39 is 5.54 Å². The third kappa shape index (κ3) is 2.04. The van der Waals surface area contributed by atoms with Crippen LogP contribution in [0.15, 0.2) is 48.5 Å². The smallest absolute Gasteiger partial charge is 0.0633 e. The Hall–Kier alpha value is -1.68. The van der Waals surface area contributed by atoms with Gasteiger partial charge >= 0.3 is 0 Å². The molecule has 3 rings (SSSR count). The van der Waals surface area contributed by atoms with Crippen LogP contribution in [0.3, 0.4) is 0 Å². The maximum atomic E-state index is 9.52. The van der Waals surface area contributed by atoms with Gasteiger partial charge in [0.25, 0.3) is 0 Å². The minimum Gasteiger partial charge on any atom is -0.394 e. The predicted octanol–water partition coefficient (Wildman–Crippen LogP) is 2.09. The summed E-state index contributed by atoms with van der Waals surface area (Å²) in [5.41, 5.74) is 4.14. The maximum Gasteiger partial charge on any atom is 0.0633 e. The molecule has 0 aliphatic heterocycles. The van der Waals surface area contributed by atoms with E-state index in [9.17, 15) is 10.2 Å². The second kappa shape index (κ2) is 5.02. The fraction of sp³-hybridized carbons (Fsp3) is 0.294. The molecular formula is C17H19NO2. The van der Waals surface area contributed by atoms with Crippen molar-refractivity contribution >= 4 is 0 Å². The fourth-order valence-electron chi connectivity index (χ4n) is 2.80. The van der Waals surface area contributed by atoms with Gasteiger partial charge in [0.1, 0.15) is 0 Å². The monoisotopic (exact) mass is 269 g/mol. The van der Waals surface area contributed by atoms with E-state index in [1.165, 1.54) is 22.3 Å². The molecule has 0 spiro atoms. The number of fused-ring (bicyclic) bond motifs is 3. The second-order valence-corrected chi connectivity index (χ2v) is 5.63. The molecule has 0 bridgehead atoms. The Morgan fingerprint density at radius 2 is 1.35 bits per heavy atom. The number of benzene rings is 2. The third-order valence-electron chi connectivity index (χ3n) is 4.02. The van der Waals surface area contributed by atoms with E-state index in [4.69, 9.17) is 0 Å². The molecule has 2 aromatic rings. The molecular weight excluding hydrogens is 250 g/mol. The van der Waals surface area contributed by atoms with E-state index in [1.54, 1.807) is 0 Å². The zero-order valence-corrected chi connectivity index (χ0v) is 11.5. The Bertz CT molecular complexity index is 574. The van der Waals surface area contributed by atoms with Crippen molar-refractivity contribution in [1.82, 2.24) is 5.32 Å². The SMILES string of the molecule is CC(CO)(CO)NC1c2ccccc2-c2ccccc21. The van der Waals surface area contributed by atoms with Crippen molar-refractivity contribution in [3.63, 3.8) is 0 Å². The van der Waals surface area contributed by atoms with E-state index in [-0.39, 0.29) is 19.3 Å². The Balaban J connectivity index is 2.07. The summed E-state index contributed by atoms with van der Waals surface area (Å²) >= 11 is 0. The van der Waals surface area contributed by atoms with Crippen molar-refractivity contribution in [3.8, 4) is 11.1 Å². The first-order valence-electron chi connectivity index (χ1n) is 6.86. The number of rotatable bonds is 4. The Labute approximate surface area is 118 Å². The van der Waals surface area contributed by atoms with E-state index in [2.05, 4.69) is 29.6 Å². The summed E-state index contributed by atoms with van der Waals surface area (Å²) in [5.74, 6) is 0. The van der Waals surface area contributed by atoms with Gasteiger partial charge in [0.15, 0.2) is 0 Å². The molecule has 20 heavy (non-hydrogen) atoms. The summed E-state index contributed by atoms with van der Waals surface area (Å²) < 4.78 is 0. The van der Waals surface area contributed by atoms with Gasteiger partial charge in [0.2, 0.25) is 0 Å². The standard InChI is InChI=1S/C17H19NO2/c1-17(10-19,11-20)18-16-14-8-4-2-6-12(14)13-7-3-5-9-15(13)16/h2-9,16,18-20H,10-11H2,1H3. The molecule has 0 aromatic heterocycles. The highest BCUT2D eigenvalue weighted by molar-refractivity contribution is 5.78. The number of aliphatic hydroxyl groups excluding tert-OH is 2. The Kier molecular flexibility index (Phi) is 3.34. The Morgan fingerprint density at radius 3 is 1.80 bits per heavy atom. The van der Waals surface area contributed by atoms with Crippen molar-refractivity contribution < 1.29 is 10.2 Å². The molecule has 1 aliphatic rings. The van der Waals surface area contributed by atoms with Crippen molar-refractivity contribution in [1.29, 1.82) is 0 Å². The van der Waals surface area contributed by atoms with E-state index in [0.29, 0.717) is 0 Å². The minimum atomic E-state index is -0.699. The van der Waals surface area contributed by atoms with Gasteiger partial charge in [-0.25, -0.2) is 0 Å². The van der Waals surface area contributed by atoms with Crippen LogP contribution < -0.4 is 5.32 Å². The molecule has 0 atom stereocenters. The van der Waals surface area contributed by atoms with Crippen LogP contribution in [0, 0.1) is 0 Å². The quantitative estimate of drug-likeness (QED) is 0.796. The maximum absolute atomic E-state index is 9.52. The molecule has 0 heterocycles. The molecule has 0 amide bonds. The summed E-state index contributed by atoms with van der Waals surface area (Å²) in [7, 11) is 0. The van der Waals surface area contributed by atoms with Crippen molar-refractivity contribution in [3.05, 3.63) is 59.7 Å². The van der Waals surface area contributed by atoms with Crippen LogP contribution in [0.4, 0.5) is 0 Å². The lowest BCUT2D eigenvalue weighted by atomic mass is 9.98. The van der Waals surface area contributed by atoms with Crippen LogP contribution in [-0.4, -0.2) is 29.0 Å². The molecule has 3 heteroatoms. The number of hydrogen-bond acceptors (Lipinski definition) is 3. The lowest BCUT2D eigenvalue weighted by Crippen LogP contribution is -2.50. The van der Waals surface area contributed by atoms with E-state index in [1.807, 2.05) is 31.2 Å². The van der Waals surface area contributed by atoms with Crippen LogP contribution in [0.1, 0.15) is 24.1 Å². The molecule has 0 saturated heterocycles. The van der Waals surface area contributed by atoms with Gasteiger partial charge in [-0.1, -0.05) is 48.5 Å². The lowest BCUT2D eigenvalue weighted by molar-refractivity contribution is 0.0982. The van der Waals surface area contributed by atoms with Gasteiger partial charge in [-0.3, -0.25) is 5.32 Å². The first-order valence-corrected chi connectivity index (χ1v) is 6.86. The molecule has 3 nitrogen and oxygen atoms in total. The minimum absolute atomic E-state index is 0.00620. The molecule has 0 unspecified atom stereocenters. The number of nitrogens with one attached hydrogen (secondary N) is 1. The highest BCUT2D eigenvalue weighted by Gasteiger charge is 2.33. The van der Waals surface area contributed by atoms with Crippen LogP contribution >= 0.6 is 0 Å². The van der Waals surface area contributed by atoms with Gasteiger partial charge in [-0.05, 0) is 29.2 Å². The van der Waals surface area contributed by atoms with Crippen LogP contribution in [0.5, 0.6) is 0 Å². The van der Waals surface area contributed by atoms with Gasteiger partial charge < -0.3 is 10.2 Å². The molecule has 0 saturated carbocycles. The summed E-state index contributed by atoms with van der Waals surface area (Å²) in [6.45, 7) is 1.62. The average molecular weight is 269 g/mol. The van der Waals surface area contributed by atoms with Gasteiger partial charge in [-0.2, -0.15) is 0 Å². The third-order valence-corrected chi connectivity index (χ3v) is 4.02. The predicted molar refractivity (Wildman–Crippen MR) is 79.4 cm³/mol. The summed E-state index contributed by atoms with van der Waals surface area (Å²) in [5, 5.41) is 22.4. The van der Waals surface area contributed by atoms with Crippen LogP contribution in [0.2, 0.25) is 0 Å². The molecule has 1 aliphatic carbocycles. The highest BCUT2D eigenvalue weighted by Crippen LogP contribution is 2.43. The van der Waals surface area contributed by atoms with E-state index >= 15 is 0 Å². The van der Waals surface area contributed by atoms with Crippen LogP contribution in [0.25, 0.3) is 11.1 Å².